The summed E-state index contributed by atoms with van der Waals surface area (Å²) in [6.07, 6.45) is 0. The van der Waals surface area contributed by atoms with Crippen molar-refractivity contribution in [2.75, 3.05) is 73.6 Å². The van der Waals surface area contributed by atoms with Gasteiger partial charge in [-0.3, -0.25) is 14.2 Å². The van der Waals surface area contributed by atoms with Crippen LogP contribution in [0.4, 0.5) is 0 Å². The van der Waals surface area contributed by atoms with Crippen LogP contribution < -0.4 is 14.2 Å². The van der Waals surface area contributed by atoms with Gasteiger partial charge in [0.05, 0.1) is 7.11 Å². The fraction of sp³-hybridized carbons (Fsp3) is 0.351. The van der Waals surface area contributed by atoms with Crippen LogP contribution >= 0.6 is 0 Å². The zero-order valence-corrected chi connectivity index (χ0v) is 27.4. The van der Waals surface area contributed by atoms with E-state index in [4.69, 9.17) is 14.2 Å². The van der Waals surface area contributed by atoms with E-state index < -0.39 is 0 Å². The highest BCUT2D eigenvalue weighted by atomic mass is 16.5. The smallest absolute Gasteiger partial charge is 0.274 e. The van der Waals surface area contributed by atoms with Crippen LogP contribution in [0.3, 0.4) is 0 Å². The van der Waals surface area contributed by atoms with E-state index >= 15 is 0 Å². The minimum atomic E-state index is -0.209. The summed E-state index contributed by atoms with van der Waals surface area (Å²) in [5.41, 5.74) is 3.06. The lowest BCUT2D eigenvalue weighted by atomic mass is 10.2. The predicted octanol–water partition coefficient (Wildman–Crippen LogP) is 4.42. The maximum absolute atomic E-state index is 14.7. The molecule has 2 saturated heterocycles. The molecule has 47 heavy (non-hydrogen) atoms. The first-order chi connectivity index (χ1) is 22.9. The summed E-state index contributed by atoms with van der Waals surface area (Å²) in [6, 6.07) is 27.0. The maximum atomic E-state index is 14.7. The third-order valence-corrected chi connectivity index (χ3v) is 8.85. The molecular weight excluding hydrogens is 594 g/mol. The maximum Gasteiger partial charge on any atom is 0.274 e. The Morgan fingerprint density at radius 3 is 1.36 bits per heavy atom. The molecule has 3 heterocycles. The number of methoxy groups -OCH3 is 1. The van der Waals surface area contributed by atoms with Gasteiger partial charge in [-0.25, -0.2) is 0 Å². The van der Waals surface area contributed by atoms with E-state index in [0.717, 1.165) is 37.3 Å². The molecule has 4 aromatic rings. The molecule has 0 unspecified atom stereocenters. The van der Waals surface area contributed by atoms with Gasteiger partial charge >= 0.3 is 0 Å². The van der Waals surface area contributed by atoms with Gasteiger partial charge in [0.2, 0.25) is 0 Å². The highest BCUT2D eigenvalue weighted by Gasteiger charge is 2.38. The average molecular weight is 638 g/mol. The van der Waals surface area contributed by atoms with Crippen LogP contribution in [-0.4, -0.2) is 110 Å². The summed E-state index contributed by atoms with van der Waals surface area (Å²) >= 11 is 0. The summed E-state index contributed by atoms with van der Waals surface area (Å²) in [6.45, 7) is 5.62. The molecule has 0 atom stereocenters. The van der Waals surface area contributed by atoms with Crippen LogP contribution in [0.25, 0.3) is 5.69 Å². The lowest BCUT2D eigenvalue weighted by Crippen LogP contribution is -2.48. The number of likely N-dealkylation sites (N-methyl/N-ethyl adjacent to an activating group) is 2. The number of rotatable bonds is 10. The average Bonchev–Trinajstić information content (AvgIpc) is 3.44. The third-order valence-electron chi connectivity index (χ3n) is 8.85. The van der Waals surface area contributed by atoms with Crippen molar-refractivity contribution in [3.63, 3.8) is 0 Å². The van der Waals surface area contributed by atoms with Gasteiger partial charge in [-0.15, -0.1) is 0 Å². The number of carbonyl (C=O) groups is 2. The SMILES string of the molecule is COc1ccc(-n2c(C(=O)N3CCN(C)CC3)c(OCc3ccccc3)c(OCc3ccccc3)c2C(=O)N2CCN(C)CC2)cc1. The number of ether oxygens (including phenoxy) is 3. The van der Waals surface area contributed by atoms with E-state index in [1.807, 2.05) is 94.7 Å². The molecule has 6 rings (SSSR count). The molecule has 2 aliphatic rings. The van der Waals surface area contributed by atoms with Crippen LogP contribution in [0.5, 0.6) is 17.2 Å². The molecule has 0 spiro atoms. The van der Waals surface area contributed by atoms with E-state index in [9.17, 15) is 9.59 Å². The molecule has 10 nitrogen and oxygen atoms in total. The Bertz CT molecular complexity index is 1540. The van der Waals surface area contributed by atoms with E-state index in [1.54, 1.807) is 11.7 Å². The van der Waals surface area contributed by atoms with E-state index in [1.165, 1.54) is 0 Å². The number of carbonyl (C=O) groups excluding carboxylic acids is 2. The first-order valence-corrected chi connectivity index (χ1v) is 16.1. The Hall–Kier alpha value is -4.80. The van der Waals surface area contributed by atoms with Crippen molar-refractivity contribution in [1.29, 1.82) is 0 Å². The number of amides is 2. The number of piperazine rings is 2. The molecule has 10 heteroatoms. The molecule has 2 amide bonds. The minimum absolute atomic E-state index is 0.195. The molecule has 1 aromatic heterocycles. The lowest BCUT2D eigenvalue weighted by Gasteiger charge is -2.33. The monoisotopic (exact) mass is 637 g/mol. The molecule has 0 aliphatic carbocycles. The Kier molecular flexibility index (Phi) is 10.1. The predicted molar refractivity (Wildman–Crippen MR) is 181 cm³/mol. The van der Waals surface area contributed by atoms with Gasteiger partial charge in [0.25, 0.3) is 11.8 Å². The van der Waals surface area contributed by atoms with Gasteiger partial charge in [-0.1, -0.05) is 60.7 Å². The molecule has 0 radical (unpaired) electrons. The molecule has 3 aromatic carbocycles. The topological polar surface area (TPSA) is 79.7 Å². The lowest BCUT2D eigenvalue weighted by molar-refractivity contribution is 0.0645. The second-order valence-electron chi connectivity index (χ2n) is 12.1. The molecule has 246 valence electrons. The van der Waals surface area contributed by atoms with Gasteiger partial charge in [-0.05, 0) is 49.5 Å². The number of benzene rings is 3. The van der Waals surface area contributed by atoms with E-state index in [0.29, 0.717) is 37.6 Å². The molecular formula is C37H43N5O5. The van der Waals surface area contributed by atoms with Crippen molar-refractivity contribution in [2.45, 2.75) is 13.2 Å². The van der Waals surface area contributed by atoms with Crippen LogP contribution in [0.15, 0.2) is 84.9 Å². The Morgan fingerprint density at radius 1 is 0.574 bits per heavy atom. The van der Waals surface area contributed by atoms with Crippen molar-refractivity contribution in [1.82, 2.24) is 24.2 Å². The van der Waals surface area contributed by atoms with Gasteiger partial charge in [0, 0.05) is 58.0 Å². The number of nitrogens with zero attached hydrogens (tertiary/aromatic N) is 5. The second-order valence-corrected chi connectivity index (χ2v) is 12.1. The number of aromatic nitrogens is 1. The van der Waals surface area contributed by atoms with Crippen molar-refractivity contribution in [2.24, 2.45) is 0 Å². The molecule has 2 aliphatic heterocycles. The van der Waals surface area contributed by atoms with Crippen LogP contribution in [-0.2, 0) is 13.2 Å². The second kappa shape index (κ2) is 14.7. The minimum Gasteiger partial charge on any atom is -0.497 e. The van der Waals surface area contributed by atoms with Gasteiger partial charge in [-0.2, -0.15) is 0 Å². The zero-order chi connectivity index (χ0) is 32.8. The number of hydrogen-bond acceptors (Lipinski definition) is 7. The van der Waals surface area contributed by atoms with Crippen molar-refractivity contribution in [3.05, 3.63) is 107 Å². The van der Waals surface area contributed by atoms with Crippen LogP contribution in [0, 0.1) is 0 Å². The zero-order valence-electron chi connectivity index (χ0n) is 27.4. The first-order valence-electron chi connectivity index (χ1n) is 16.1. The van der Waals surface area contributed by atoms with Gasteiger partial charge in [0.1, 0.15) is 19.0 Å². The van der Waals surface area contributed by atoms with Gasteiger partial charge < -0.3 is 33.8 Å². The largest absolute Gasteiger partial charge is 0.497 e. The highest BCUT2D eigenvalue weighted by molar-refractivity contribution is 6.04. The quantitative estimate of drug-likeness (QED) is 0.255. The number of hydrogen-bond donors (Lipinski definition) is 0. The standard InChI is InChI=1S/C37H43N5O5/c1-38-18-22-40(23-19-38)36(43)32-34(46-26-28-10-6-4-7-11-28)35(47-27-29-12-8-5-9-13-29)33(37(44)41-24-20-39(2)21-25-41)42(32)30-14-16-31(45-3)17-15-30/h4-17H,18-27H2,1-3H3. The van der Waals surface area contributed by atoms with Crippen LogP contribution in [0.2, 0.25) is 0 Å². The molecule has 0 saturated carbocycles. The van der Waals surface area contributed by atoms with E-state index in [2.05, 4.69) is 23.9 Å². The van der Waals surface area contributed by atoms with E-state index in [-0.39, 0.29) is 47.9 Å². The third kappa shape index (κ3) is 7.29. The van der Waals surface area contributed by atoms with Crippen molar-refractivity contribution in [3.8, 4) is 22.9 Å². The molecule has 0 N–H and O–H groups in total. The van der Waals surface area contributed by atoms with Crippen molar-refractivity contribution < 1.29 is 23.8 Å². The molecule has 0 bridgehead atoms. The molecule has 2 fully saturated rings. The fourth-order valence-electron chi connectivity index (χ4n) is 5.95. The summed E-state index contributed by atoms with van der Waals surface area (Å²) in [7, 11) is 5.72. The summed E-state index contributed by atoms with van der Waals surface area (Å²) in [4.78, 5) is 37.6. The first kappa shape index (κ1) is 32.2. The van der Waals surface area contributed by atoms with Gasteiger partial charge in [0.15, 0.2) is 22.9 Å². The normalized spacial score (nSPS) is 15.8. The summed E-state index contributed by atoms with van der Waals surface area (Å²) < 4.78 is 20.4. The Labute approximate surface area is 276 Å². The highest BCUT2D eigenvalue weighted by Crippen LogP contribution is 2.43. The Morgan fingerprint density at radius 2 is 0.979 bits per heavy atom. The summed E-state index contributed by atoms with van der Waals surface area (Å²) in [5, 5.41) is 0. The Balaban J connectivity index is 1.55. The van der Waals surface area contributed by atoms with Crippen molar-refractivity contribution >= 4 is 11.8 Å². The van der Waals surface area contributed by atoms with Crippen LogP contribution in [0.1, 0.15) is 32.1 Å². The fourth-order valence-corrected chi connectivity index (χ4v) is 5.95. The summed E-state index contributed by atoms with van der Waals surface area (Å²) in [5.74, 6) is 0.780.